The normalized spacial score (nSPS) is 16.2. The maximum Gasteiger partial charge on any atom is 0.279 e. The van der Waals surface area contributed by atoms with Crippen LogP contribution in [0.2, 0.25) is 0 Å². The quantitative estimate of drug-likeness (QED) is 0.701. The number of quaternary nitrogens is 2. The van der Waals surface area contributed by atoms with Crippen molar-refractivity contribution < 1.29 is 19.4 Å². The van der Waals surface area contributed by atoms with E-state index in [2.05, 4.69) is 17.4 Å². The SMILES string of the molecule is C[C@@H]([NH2+]CC(=O)Nc1ccc(C[NH+]2CCCC2)cc1)c1ccco1. The molecule has 1 aromatic carbocycles. The lowest BCUT2D eigenvalue weighted by Crippen LogP contribution is -3.08. The summed E-state index contributed by atoms with van der Waals surface area (Å²) in [6.07, 6.45) is 4.35. The van der Waals surface area contributed by atoms with Gasteiger partial charge in [-0.15, -0.1) is 0 Å². The number of likely N-dealkylation sites (tertiary alicyclic amines) is 1. The average molecular weight is 329 g/mol. The molecule has 1 fully saturated rings. The molecule has 1 aromatic heterocycles. The summed E-state index contributed by atoms with van der Waals surface area (Å²) >= 11 is 0. The average Bonchev–Trinajstić information content (AvgIpc) is 3.28. The van der Waals surface area contributed by atoms with E-state index in [-0.39, 0.29) is 11.9 Å². The van der Waals surface area contributed by atoms with Gasteiger partial charge < -0.3 is 20.0 Å². The molecule has 1 aliphatic rings. The van der Waals surface area contributed by atoms with E-state index in [1.807, 2.05) is 36.5 Å². The Hall–Kier alpha value is -2.11. The zero-order valence-electron chi connectivity index (χ0n) is 14.3. The van der Waals surface area contributed by atoms with Gasteiger partial charge in [0, 0.05) is 24.1 Å². The van der Waals surface area contributed by atoms with E-state index in [1.165, 1.54) is 31.5 Å². The fourth-order valence-electron chi connectivity index (χ4n) is 3.21. The van der Waals surface area contributed by atoms with Crippen molar-refractivity contribution in [2.75, 3.05) is 25.0 Å². The molecule has 128 valence electrons. The third-order valence-electron chi connectivity index (χ3n) is 4.65. The van der Waals surface area contributed by atoms with E-state index >= 15 is 0 Å². The number of hydrogen-bond acceptors (Lipinski definition) is 2. The van der Waals surface area contributed by atoms with Crippen molar-refractivity contribution in [3.05, 3.63) is 54.0 Å². The fourth-order valence-corrected chi connectivity index (χ4v) is 3.21. The van der Waals surface area contributed by atoms with Crippen molar-refractivity contribution in [1.29, 1.82) is 0 Å². The van der Waals surface area contributed by atoms with Crippen molar-refractivity contribution in [2.45, 2.75) is 32.4 Å². The molecule has 0 bridgehead atoms. The van der Waals surface area contributed by atoms with Crippen LogP contribution >= 0.6 is 0 Å². The van der Waals surface area contributed by atoms with Gasteiger partial charge in [-0.25, -0.2) is 0 Å². The highest BCUT2D eigenvalue weighted by Crippen LogP contribution is 2.09. The Morgan fingerprint density at radius 3 is 2.67 bits per heavy atom. The molecule has 0 unspecified atom stereocenters. The van der Waals surface area contributed by atoms with Crippen LogP contribution in [0, 0.1) is 0 Å². The molecular weight excluding hydrogens is 302 g/mol. The topological polar surface area (TPSA) is 63.3 Å². The van der Waals surface area contributed by atoms with E-state index in [0.29, 0.717) is 6.54 Å². The van der Waals surface area contributed by atoms with Crippen LogP contribution < -0.4 is 15.5 Å². The summed E-state index contributed by atoms with van der Waals surface area (Å²) in [5.41, 5.74) is 2.20. The minimum absolute atomic E-state index is 0.00586. The number of benzene rings is 1. The van der Waals surface area contributed by atoms with Gasteiger partial charge >= 0.3 is 0 Å². The van der Waals surface area contributed by atoms with Gasteiger partial charge in [0.15, 0.2) is 12.3 Å². The molecule has 1 atom stereocenters. The number of anilines is 1. The van der Waals surface area contributed by atoms with E-state index in [0.717, 1.165) is 18.0 Å². The van der Waals surface area contributed by atoms with Gasteiger partial charge in [-0.2, -0.15) is 0 Å². The van der Waals surface area contributed by atoms with Crippen molar-refractivity contribution in [3.8, 4) is 0 Å². The Balaban J connectivity index is 1.44. The molecule has 2 heterocycles. The Bertz CT molecular complexity index is 631. The monoisotopic (exact) mass is 329 g/mol. The predicted octanol–water partition coefficient (Wildman–Crippen LogP) is 0.721. The van der Waals surface area contributed by atoms with Crippen molar-refractivity contribution in [1.82, 2.24) is 0 Å². The molecule has 3 rings (SSSR count). The molecule has 0 aliphatic carbocycles. The first-order chi connectivity index (χ1) is 11.7. The third-order valence-corrected chi connectivity index (χ3v) is 4.65. The first kappa shape index (κ1) is 16.7. The zero-order valence-corrected chi connectivity index (χ0v) is 14.3. The first-order valence-corrected chi connectivity index (χ1v) is 8.80. The maximum absolute atomic E-state index is 12.1. The molecule has 2 aromatic rings. The largest absolute Gasteiger partial charge is 0.463 e. The fraction of sp³-hybridized carbons (Fsp3) is 0.421. The summed E-state index contributed by atoms with van der Waals surface area (Å²) in [5.74, 6) is 0.892. The van der Waals surface area contributed by atoms with E-state index in [1.54, 1.807) is 11.2 Å². The molecule has 0 spiro atoms. The Morgan fingerprint density at radius 2 is 2.00 bits per heavy atom. The van der Waals surface area contributed by atoms with Crippen LogP contribution in [0.25, 0.3) is 0 Å². The molecule has 5 nitrogen and oxygen atoms in total. The number of amides is 1. The van der Waals surface area contributed by atoms with Crippen LogP contribution in [0.3, 0.4) is 0 Å². The predicted molar refractivity (Wildman–Crippen MR) is 92.6 cm³/mol. The van der Waals surface area contributed by atoms with E-state index in [4.69, 9.17) is 4.42 Å². The smallest absolute Gasteiger partial charge is 0.279 e. The number of hydrogen-bond donors (Lipinski definition) is 3. The van der Waals surface area contributed by atoms with Crippen LogP contribution in [-0.4, -0.2) is 25.5 Å². The van der Waals surface area contributed by atoms with Crippen molar-refractivity contribution in [2.24, 2.45) is 0 Å². The van der Waals surface area contributed by atoms with Gasteiger partial charge in [0.2, 0.25) is 0 Å². The number of rotatable bonds is 7. The number of carbonyl (C=O) groups is 1. The second-order valence-electron chi connectivity index (χ2n) is 6.62. The summed E-state index contributed by atoms with van der Waals surface area (Å²) in [6.45, 7) is 6.05. The lowest BCUT2D eigenvalue weighted by Gasteiger charge is -2.12. The van der Waals surface area contributed by atoms with Crippen LogP contribution in [-0.2, 0) is 11.3 Å². The van der Waals surface area contributed by atoms with Crippen molar-refractivity contribution in [3.63, 3.8) is 0 Å². The van der Waals surface area contributed by atoms with Gasteiger partial charge in [-0.05, 0) is 31.2 Å². The first-order valence-electron chi connectivity index (χ1n) is 8.80. The Labute approximate surface area is 143 Å². The molecule has 0 radical (unpaired) electrons. The third kappa shape index (κ3) is 4.69. The summed E-state index contributed by atoms with van der Waals surface area (Å²) in [4.78, 5) is 13.7. The van der Waals surface area contributed by atoms with Gasteiger partial charge in [-0.1, -0.05) is 12.1 Å². The number of carbonyl (C=O) groups excluding carboxylic acids is 1. The molecule has 1 saturated heterocycles. The number of nitrogens with two attached hydrogens (primary N) is 1. The van der Waals surface area contributed by atoms with Gasteiger partial charge in [0.1, 0.15) is 12.6 Å². The number of furan rings is 1. The van der Waals surface area contributed by atoms with Gasteiger partial charge in [-0.3, -0.25) is 4.79 Å². The Morgan fingerprint density at radius 1 is 1.25 bits per heavy atom. The van der Waals surface area contributed by atoms with Crippen molar-refractivity contribution >= 4 is 11.6 Å². The minimum atomic E-state index is 0.00586. The molecular formula is C19H27N3O2+2. The lowest BCUT2D eigenvalue weighted by molar-refractivity contribution is -0.901. The molecule has 4 N–H and O–H groups in total. The maximum atomic E-state index is 12.1. The molecule has 5 heteroatoms. The molecule has 24 heavy (non-hydrogen) atoms. The highest BCUT2D eigenvalue weighted by molar-refractivity contribution is 5.91. The van der Waals surface area contributed by atoms with Crippen LogP contribution in [0.1, 0.15) is 37.1 Å². The summed E-state index contributed by atoms with van der Waals surface area (Å²) < 4.78 is 5.35. The molecule has 1 aliphatic heterocycles. The van der Waals surface area contributed by atoms with E-state index in [9.17, 15) is 4.79 Å². The van der Waals surface area contributed by atoms with E-state index < -0.39 is 0 Å². The minimum Gasteiger partial charge on any atom is -0.463 e. The van der Waals surface area contributed by atoms with Crippen LogP contribution in [0.4, 0.5) is 5.69 Å². The lowest BCUT2D eigenvalue weighted by atomic mass is 10.2. The summed E-state index contributed by atoms with van der Waals surface area (Å²) in [7, 11) is 0. The van der Waals surface area contributed by atoms with Gasteiger partial charge in [0.25, 0.3) is 5.91 Å². The van der Waals surface area contributed by atoms with Crippen LogP contribution in [0.15, 0.2) is 47.1 Å². The van der Waals surface area contributed by atoms with Crippen LogP contribution in [0.5, 0.6) is 0 Å². The van der Waals surface area contributed by atoms with Gasteiger partial charge in [0.05, 0.1) is 19.4 Å². The summed E-state index contributed by atoms with van der Waals surface area (Å²) in [6, 6.07) is 12.2. The molecule has 0 saturated carbocycles. The standard InChI is InChI=1S/C19H25N3O2/c1-15(18-5-4-12-24-18)20-13-19(23)21-17-8-6-16(7-9-17)14-22-10-2-3-11-22/h4-9,12,15,20H,2-3,10-11,13-14H2,1H3,(H,21,23)/p+2/t15-/m1/s1. The Kier molecular flexibility index (Phi) is 5.67. The highest BCUT2D eigenvalue weighted by Gasteiger charge is 2.16. The second kappa shape index (κ2) is 8.13. The second-order valence-corrected chi connectivity index (χ2v) is 6.62. The highest BCUT2D eigenvalue weighted by atomic mass is 16.3. The number of nitrogens with one attached hydrogen (secondary N) is 2. The zero-order chi connectivity index (χ0) is 16.8. The molecule has 1 amide bonds. The summed E-state index contributed by atoms with van der Waals surface area (Å²) in [5, 5.41) is 4.93.